The summed E-state index contributed by atoms with van der Waals surface area (Å²) in [5.74, 6) is 0.0716. The summed E-state index contributed by atoms with van der Waals surface area (Å²) in [5, 5.41) is 6.29. The Morgan fingerprint density at radius 1 is 1.39 bits per heavy atom. The summed E-state index contributed by atoms with van der Waals surface area (Å²) in [7, 11) is 0. The molecule has 0 aromatic heterocycles. The molecule has 0 aliphatic carbocycles. The van der Waals surface area contributed by atoms with Crippen molar-refractivity contribution in [2.75, 3.05) is 11.9 Å². The lowest BCUT2D eigenvalue weighted by Crippen LogP contribution is -2.43. The van der Waals surface area contributed by atoms with Crippen molar-refractivity contribution in [2.24, 2.45) is 0 Å². The smallest absolute Gasteiger partial charge is 0.241 e. The minimum atomic E-state index is -0.0497. The predicted molar refractivity (Wildman–Crippen MR) is 77.9 cm³/mol. The van der Waals surface area contributed by atoms with Crippen LogP contribution in [0.5, 0.6) is 0 Å². The highest BCUT2D eigenvalue weighted by Crippen LogP contribution is 2.28. The Bertz CT molecular complexity index is 430. The molecule has 0 unspecified atom stereocenters. The SMILES string of the molecule is Cc1cc(C)c(NC(=O)[C@H]2CCCCN2)c(Br)c1. The minimum absolute atomic E-state index is 0.0497. The van der Waals surface area contributed by atoms with Crippen molar-refractivity contribution in [2.45, 2.75) is 39.2 Å². The minimum Gasteiger partial charge on any atom is -0.323 e. The van der Waals surface area contributed by atoms with Gasteiger partial charge in [-0.25, -0.2) is 0 Å². The molecular formula is C14H19BrN2O. The fourth-order valence-corrected chi connectivity index (χ4v) is 3.13. The summed E-state index contributed by atoms with van der Waals surface area (Å²) in [6, 6.07) is 4.05. The number of anilines is 1. The van der Waals surface area contributed by atoms with Crippen LogP contribution >= 0.6 is 15.9 Å². The average molecular weight is 311 g/mol. The zero-order valence-electron chi connectivity index (χ0n) is 10.8. The van der Waals surface area contributed by atoms with Crippen LogP contribution in [0.4, 0.5) is 5.69 Å². The van der Waals surface area contributed by atoms with Crippen molar-refractivity contribution in [1.29, 1.82) is 0 Å². The van der Waals surface area contributed by atoms with Gasteiger partial charge in [-0.3, -0.25) is 4.79 Å². The van der Waals surface area contributed by atoms with Crippen molar-refractivity contribution in [3.05, 3.63) is 27.7 Å². The first kappa shape index (κ1) is 13.6. The molecule has 4 heteroatoms. The van der Waals surface area contributed by atoms with Crippen LogP contribution in [0.1, 0.15) is 30.4 Å². The molecule has 1 heterocycles. The molecule has 0 radical (unpaired) electrons. The van der Waals surface area contributed by atoms with Gasteiger partial charge in [0.1, 0.15) is 0 Å². The molecule has 2 N–H and O–H groups in total. The van der Waals surface area contributed by atoms with E-state index in [-0.39, 0.29) is 11.9 Å². The summed E-state index contributed by atoms with van der Waals surface area (Å²) in [6.07, 6.45) is 3.21. The molecule has 1 atom stereocenters. The molecule has 1 aliphatic heterocycles. The van der Waals surface area contributed by atoms with E-state index < -0.39 is 0 Å². The first-order valence-corrected chi connectivity index (χ1v) is 7.18. The van der Waals surface area contributed by atoms with Gasteiger partial charge < -0.3 is 10.6 Å². The van der Waals surface area contributed by atoms with Crippen LogP contribution in [0.3, 0.4) is 0 Å². The summed E-state index contributed by atoms with van der Waals surface area (Å²) in [6.45, 7) is 5.00. The number of amides is 1. The molecule has 0 bridgehead atoms. The summed E-state index contributed by atoms with van der Waals surface area (Å²) < 4.78 is 0.948. The molecule has 1 fully saturated rings. The lowest BCUT2D eigenvalue weighted by atomic mass is 10.0. The molecular weight excluding hydrogens is 292 g/mol. The van der Waals surface area contributed by atoms with E-state index in [1.54, 1.807) is 0 Å². The Balaban J connectivity index is 2.11. The third kappa shape index (κ3) is 3.12. The van der Waals surface area contributed by atoms with Gasteiger partial charge in [-0.15, -0.1) is 0 Å². The third-order valence-corrected chi connectivity index (χ3v) is 3.93. The average Bonchev–Trinajstić information content (AvgIpc) is 2.34. The molecule has 1 amide bonds. The molecule has 1 aliphatic rings. The van der Waals surface area contributed by atoms with Gasteiger partial charge >= 0.3 is 0 Å². The largest absolute Gasteiger partial charge is 0.323 e. The van der Waals surface area contributed by atoms with Crippen LogP contribution in [-0.2, 0) is 4.79 Å². The fourth-order valence-electron chi connectivity index (χ4n) is 2.36. The Morgan fingerprint density at radius 3 is 2.78 bits per heavy atom. The number of carbonyl (C=O) groups is 1. The molecule has 1 aromatic rings. The molecule has 0 saturated carbocycles. The summed E-state index contributed by atoms with van der Waals surface area (Å²) in [4.78, 5) is 12.2. The van der Waals surface area contributed by atoms with Crippen LogP contribution < -0.4 is 10.6 Å². The standard InChI is InChI=1S/C14H19BrN2O/c1-9-7-10(2)13(11(15)8-9)17-14(18)12-5-3-4-6-16-12/h7-8,12,16H,3-6H2,1-2H3,(H,17,18)/t12-/m1/s1. The predicted octanol–water partition coefficient (Wildman–Crippen LogP) is 3.15. The number of benzene rings is 1. The number of hydrogen-bond acceptors (Lipinski definition) is 2. The highest BCUT2D eigenvalue weighted by molar-refractivity contribution is 9.10. The van der Waals surface area contributed by atoms with Crippen molar-refractivity contribution < 1.29 is 4.79 Å². The van der Waals surface area contributed by atoms with Crippen LogP contribution in [0.2, 0.25) is 0 Å². The molecule has 18 heavy (non-hydrogen) atoms. The Morgan fingerprint density at radius 2 is 2.17 bits per heavy atom. The Labute approximate surface area is 116 Å². The van der Waals surface area contributed by atoms with Gasteiger partial charge in [0.25, 0.3) is 0 Å². The summed E-state index contributed by atoms with van der Waals surface area (Å²) in [5.41, 5.74) is 3.16. The van der Waals surface area contributed by atoms with E-state index in [1.807, 2.05) is 19.9 Å². The van der Waals surface area contributed by atoms with Crippen molar-refractivity contribution in [1.82, 2.24) is 5.32 Å². The lowest BCUT2D eigenvalue weighted by Gasteiger charge is -2.23. The van der Waals surface area contributed by atoms with Crippen LogP contribution in [0.15, 0.2) is 16.6 Å². The maximum atomic E-state index is 12.2. The van der Waals surface area contributed by atoms with Crippen LogP contribution in [0.25, 0.3) is 0 Å². The monoisotopic (exact) mass is 310 g/mol. The normalized spacial score (nSPS) is 19.6. The van der Waals surface area contributed by atoms with E-state index in [4.69, 9.17) is 0 Å². The van der Waals surface area contributed by atoms with Crippen LogP contribution in [-0.4, -0.2) is 18.5 Å². The van der Waals surface area contributed by atoms with Crippen molar-refractivity contribution in [3.8, 4) is 0 Å². The topological polar surface area (TPSA) is 41.1 Å². The number of halogens is 1. The zero-order valence-corrected chi connectivity index (χ0v) is 12.4. The molecule has 2 rings (SSSR count). The van der Waals surface area contributed by atoms with E-state index in [2.05, 4.69) is 32.6 Å². The number of rotatable bonds is 2. The number of hydrogen-bond donors (Lipinski definition) is 2. The van der Waals surface area contributed by atoms with E-state index in [9.17, 15) is 4.79 Å². The maximum absolute atomic E-state index is 12.2. The molecule has 0 spiro atoms. The molecule has 1 aromatic carbocycles. The second-order valence-electron chi connectivity index (χ2n) is 4.93. The quantitative estimate of drug-likeness (QED) is 0.881. The highest BCUT2D eigenvalue weighted by Gasteiger charge is 2.21. The van der Waals surface area contributed by atoms with Gasteiger partial charge in [-0.1, -0.05) is 12.5 Å². The van der Waals surface area contributed by atoms with Gasteiger partial charge in [0.05, 0.1) is 11.7 Å². The van der Waals surface area contributed by atoms with Gasteiger partial charge in [-0.05, 0) is 66.4 Å². The maximum Gasteiger partial charge on any atom is 0.241 e. The first-order chi connectivity index (χ1) is 8.58. The number of carbonyl (C=O) groups excluding carboxylic acids is 1. The molecule has 1 saturated heterocycles. The van der Waals surface area contributed by atoms with E-state index in [0.29, 0.717) is 0 Å². The lowest BCUT2D eigenvalue weighted by molar-refractivity contribution is -0.118. The van der Waals surface area contributed by atoms with E-state index in [1.165, 1.54) is 5.56 Å². The molecule has 98 valence electrons. The summed E-state index contributed by atoms with van der Waals surface area (Å²) >= 11 is 3.52. The van der Waals surface area contributed by atoms with Gasteiger partial charge in [0, 0.05) is 4.47 Å². The first-order valence-electron chi connectivity index (χ1n) is 6.39. The third-order valence-electron chi connectivity index (χ3n) is 3.31. The van der Waals surface area contributed by atoms with Crippen molar-refractivity contribution >= 4 is 27.5 Å². The highest BCUT2D eigenvalue weighted by atomic mass is 79.9. The number of piperidine rings is 1. The van der Waals surface area contributed by atoms with Crippen molar-refractivity contribution in [3.63, 3.8) is 0 Å². The van der Waals surface area contributed by atoms with Gasteiger partial charge in [0.15, 0.2) is 0 Å². The van der Waals surface area contributed by atoms with Gasteiger partial charge in [0.2, 0.25) is 5.91 Å². The second kappa shape index (κ2) is 5.85. The van der Waals surface area contributed by atoms with Crippen LogP contribution in [0, 0.1) is 13.8 Å². The van der Waals surface area contributed by atoms with E-state index in [0.717, 1.165) is 41.5 Å². The Kier molecular flexibility index (Phi) is 4.40. The molecule has 3 nitrogen and oxygen atoms in total. The second-order valence-corrected chi connectivity index (χ2v) is 5.78. The Hall–Kier alpha value is -0.870. The fraction of sp³-hybridized carbons (Fsp3) is 0.500. The van der Waals surface area contributed by atoms with Gasteiger partial charge in [-0.2, -0.15) is 0 Å². The number of aryl methyl sites for hydroxylation is 2. The van der Waals surface area contributed by atoms with E-state index >= 15 is 0 Å². The number of nitrogens with one attached hydrogen (secondary N) is 2. The zero-order chi connectivity index (χ0) is 13.1.